The zero-order valence-electron chi connectivity index (χ0n) is 9.62. The van der Waals surface area contributed by atoms with Gasteiger partial charge in [-0.05, 0) is 60.1 Å². The largest absolute Gasteiger partial charge is 0.317 e. The Morgan fingerprint density at radius 3 is 2.67 bits per heavy atom. The lowest BCUT2D eigenvalue weighted by molar-refractivity contribution is 0.499. The van der Waals surface area contributed by atoms with Crippen LogP contribution in [0.25, 0.3) is 0 Å². The first kappa shape index (κ1) is 13.8. The summed E-state index contributed by atoms with van der Waals surface area (Å²) in [4.78, 5) is 0. The van der Waals surface area contributed by atoms with Crippen LogP contribution in [0.5, 0.6) is 0 Å². The summed E-state index contributed by atoms with van der Waals surface area (Å²) in [7, 11) is -3.46. The van der Waals surface area contributed by atoms with Crippen molar-refractivity contribution in [3.63, 3.8) is 0 Å². The predicted molar refractivity (Wildman–Crippen MR) is 72.5 cm³/mol. The van der Waals surface area contributed by atoms with E-state index in [0.29, 0.717) is 30.4 Å². The van der Waals surface area contributed by atoms with Crippen LogP contribution < -0.4 is 10.0 Å². The second-order valence-electron chi connectivity index (χ2n) is 4.22. The smallest absolute Gasteiger partial charge is 0.235 e. The molecular formula is C11H14BrFN2O2S. The van der Waals surface area contributed by atoms with Crippen LogP contribution in [-0.4, -0.2) is 26.8 Å². The first-order valence-corrected chi connectivity index (χ1v) is 8.00. The molecule has 0 unspecified atom stereocenters. The second-order valence-corrected chi connectivity index (χ2v) is 7.04. The van der Waals surface area contributed by atoms with E-state index in [4.69, 9.17) is 0 Å². The van der Waals surface area contributed by atoms with Crippen LogP contribution in [0.4, 0.5) is 10.1 Å². The van der Waals surface area contributed by atoms with Crippen molar-refractivity contribution in [3.8, 4) is 0 Å². The van der Waals surface area contributed by atoms with Crippen molar-refractivity contribution < 1.29 is 12.8 Å². The van der Waals surface area contributed by atoms with Gasteiger partial charge in [0.1, 0.15) is 5.82 Å². The third-order valence-corrected chi connectivity index (χ3v) is 5.45. The Hall–Kier alpha value is -0.660. The minimum absolute atomic E-state index is 0.244. The Morgan fingerprint density at radius 2 is 2.00 bits per heavy atom. The Labute approximate surface area is 114 Å². The molecule has 2 N–H and O–H groups in total. The molecule has 0 aliphatic carbocycles. The van der Waals surface area contributed by atoms with Crippen LogP contribution in [0.1, 0.15) is 12.8 Å². The van der Waals surface area contributed by atoms with Gasteiger partial charge in [0, 0.05) is 4.47 Å². The molecule has 2 rings (SSSR count). The Morgan fingerprint density at radius 1 is 1.33 bits per heavy atom. The van der Waals surface area contributed by atoms with Crippen molar-refractivity contribution in [2.24, 2.45) is 0 Å². The van der Waals surface area contributed by atoms with Gasteiger partial charge in [-0.1, -0.05) is 0 Å². The highest BCUT2D eigenvalue weighted by Crippen LogP contribution is 2.26. The summed E-state index contributed by atoms with van der Waals surface area (Å²) >= 11 is 3.20. The monoisotopic (exact) mass is 336 g/mol. The molecule has 0 atom stereocenters. The standard InChI is InChI=1S/C11H14BrFN2O2S/c12-10-2-1-8(13)7-11(10)15-18(16,17)9-3-5-14-6-4-9/h1-2,7,9,14-15H,3-6H2. The van der Waals surface area contributed by atoms with E-state index in [1.54, 1.807) is 0 Å². The summed E-state index contributed by atoms with van der Waals surface area (Å²) < 4.78 is 40.4. The number of hydrogen-bond acceptors (Lipinski definition) is 3. The molecule has 1 aromatic carbocycles. The highest BCUT2D eigenvalue weighted by atomic mass is 79.9. The van der Waals surface area contributed by atoms with Gasteiger partial charge < -0.3 is 5.32 Å². The highest BCUT2D eigenvalue weighted by molar-refractivity contribution is 9.10. The van der Waals surface area contributed by atoms with Crippen LogP contribution in [-0.2, 0) is 10.0 Å². The summed E-state index contributed by atoms with van der Waals surface area (Å²) in [6, 6.07) is 3.92. The number of piperidine rings is 1. The summed E-state index contributed by atoms with van der Waals surface area (Å²) in [5.74, 6) is -0.471. The minimum Gasteiger partial charge on any atom is -0.317 e. The molecule has 0 radical (unpaired) electrons. The van der Waals surface area contributed by atoms with Crippen molar-refractivity contribution in [1.82, 2.24) is 5.32 Å². The molecule has 0 aromatic heterocycles. The van der Waals surface area contributed by atoms with E-state index in [2.05, 4.69) is 26.0 Å². The quantitative estimate of drug-likeness (QED) is 0.888. The molecule has 18 heavy (non-hydrogen) atoms. The van der Waals surface area contributed by atoms with Gasteiger partial charge in [0.25, 0.3) is 0 Å². The molecule has 1 aromatic rings. The maximum absolute atomic E-state index is 13.1. The number of halogens is 2. The lowest BCUT2D eigenvalue weighted by atomic mass is 10.2. The van der Waals surface area contributed by atoms with Crippen molar-refractivity contribution >= 4 is 31.6 Å². The molecule has 1 fully saturated rings. The fraction of sp³-hybridized carbons (Fsp3) is 0.455. The number of anilines is 1. The van der Waals surface area contributed by atoms with Crippen molar-refractivity contribution in [2.45, 2.75) is 18.1 Å². The lowest BCUT2D eigenvalue weighted by Gasteiger charge is -2.23. The van der Waals surface area contributed by atoms with Crippen LogP contribution in [0.3, 0.4) is 0 Å². The molecule has 0 amide bonds. The number of benzene rings is 1. The molecular weight excluding hydrogens is 323 g/mol. The molecule has 1 aliphatic rings. The maximum atomic E-state index is 13.1. The number of rotatable bonds is 3. The SMILES string of the molecule is O=S(=O)(Nc1cc(F)ccc1Br)C1CCNCC1. The van der Waals surface area contributed by atoms with E-state index in [9.17, 15) is 12.8 Å². The number of sulfonamides is 1. The second kappa shape index (κ2) is 5.54. The molecule has 1 heterocycles. The van der Waals surface area contributed by atoms with Gasteiger partial charge in [-0.3, -0.25) is 4.72 Å². The van der Waals surface area contributed by atoms with E-state index in [-0.39, 0.29) is 5.69 Å². The topological polar surface area (TPSA) is 58.2 Å². The van der Waals surface area contributed by atoms with Crippen LogP contribution in [0.2, 0.25) is 0 Å². The molecule has 0 spiro atoms. The van der Waals surface area contributed by atoms with Gasteiger partial charge in [0.15, 0.2) is 0 Å². The van der Waals surface area contributed by atoms with Gasteiger partial charge >= 0.3 is 0 Å². The van der Waals surface area contributed by atoms with Crippen molar-refractivity contribution in [3.05, 3.63) is 28.5 Å². The zero-order chi connectivity index (χ0) is 13.2. The highest BCUT2D eigenvalue weighted by Gasteiger charge is 2.27. The van der Waals surface area contributed by atoms with Crippen LogP contribution in [0.15, 0.2) is 22.7 Å². The third-order valence-electron chi connectivity index (χ3n) is 2.91. The molecule has 100 valence electrons. The molecule has 1 aliphatic heterocycles. The summed E-state index contributed by atoms with van der Waals surface area (Å²) in [5, 5.41) is 2.69. The van der Waals surface area contributed by atoms with E-state index in [1.165, 1.54) is 18.2 Å². The summed E-state index contributed by atoms with van der Waals surface area (Å²) in [6.45, 7) is 1.38. The fourth-order valence-electron chi connectivity index (χ4n) is 1.92. The van der Waals surface area contributed by atoms with E-state index < -0.39 is 21.1 Å². The first-order chi connectivity index (χ1) is 8.49. The maximum Gasteiger partial charge on any atom is 0.235 e. The summed E-state index contributed by atoms with van der Waals surface area (Å²) in [6.07, 6.45) is 1.14. The molecule has 1 saturated heterocycles. The first-order valence-electron chi connectivity index (χ1n) is 5.66. The van der Waals surface area contributed by atoms with Gasteiger partial charge in [0.2, 0.25) is 10.0 Å². The van der Waals surface area contributed by atoms with E-state index >= 15 is 0 Å². The van der Waals surface area contributed by atoms with Crippen molar-refractivity contribution in [1.29, 1.82) is 0 Å². The van der Waals surface area contributed by atoms with Gasteiger partial charge in [0.05, 0.1) is 10.9 Å². The number of hydrogen-bond donors (Lipinski definition) is 2. The Kier molecular flexibility index (Phi) is 4.24. The third kappa shape index (κ3) is 3.21. The average molecular weight is 337 g/mol. The van der Waals surface area contributed by atoms with Crippen molar-refractivity contribution in [2.75, 3.05) is 17.8 Å². The lowest BCUT2D eigenvalue weighted by Crippen LogP contribution is -2.38. The molecule has 0 bridgehead atoms. The van der Waals surface area contributed by atoms with Gasteiger partial charge in [-0.25, -0.2) is 12.8 Å². The average Bonchev–Trinajstić information content (AvgIpc) is 2.35. The molecule has 7 heteroatoms. The molecule has 4 nitrogen and oxygen atoms in total. The number of nitrogens with one attached hydrogen (secondary N) is 2. The van der Waals surface area contributed by atoms with Gasteiger partial charge in [-0.2, -0.15) is 0 Å². The van der Waals surface area contributed by atoms with E-state index in [0.717, 1.165) is 0 Å². The summed E-state index contributed by atoms with van der Waals surface area (Å²) in [5.41, 5.74) is 0.244. The van der Waals surface area contributed by atoms with E-state index in [1.807, 2.05) is 0 Å². The normalized spacial score (nSPS) is 17.7. The van der Waals surface area contributed by atoms with Gasteiger partial charge in [-0.15, -0.1) is 0 Å². The Bertz CT molecular complexity index is 530. The molecule has 0 saturated carbocycles. The van der Waals surface area contributed by atoms with Crippen LogP contribution in [0, 0.1) is 5.82 Å². The minimum atomic E-state index is -3.46. The van der Waals surface area contributed by atoms with Crippen LogP contribution >= 0.6 is 15.9 Å². The predicted octanol–water partition coefficient (Wildman–Crippen LogP) is 2.08. The fourth-order valence-corrected chi connectivity index (χ4v) is 3.89. The Balaban J connectivity index is 2.18. The zero-order valence-corrected chi connectivity index (χ0v) is 12.0.